The van der Waals surface area contributed by atoms with Gasteiger partial charge in [-0.15, -0.1) is 0 Å². The molecule has 1 amide bonds. The summed E-state index contributed by atoms with van der Waals surface area (Å²) < 4.78 is 4.03. The minimum atomic E-state index is -0.268. The second kappa shape index (κ2) is 12.8. The van der Waals surface area contributed by atoms with Gasteiger partial charge < -0.3 is 19.5 Å². The quantitative estimate of drug-likeness (QED) is 0.325. The van der Waals surface area contributed by atoms with E-state index in [0.29, 0.717) is 17.6 Å². The maximum absolute atomic E-state index is 13.8. The molecule has 0 radical (unpaired) electrons. The predicted octanol–water partition coefficient (Wildman–Crippen LogP) is 4.39. The van der Waals surface area contributed by atoms with E-state index in [-0.39, 0.29) is 18.1 Å². The van der Waals surface area contributed by atoms with E-state index < -0.39 is 0 Å². The lowest BCUT2D eigenvalue weighted by molar-refractivity contribution is 0.0982. The molecule has 7 rings (SSSR count). The minimum absolute atomic E-state index is 0.148. The van der Waals surface area contributed by atoms with Gasteiger partial charge in [0, 0.05) is 86.6 Å². The summed E-state index contributed by atoms with van der Waals surface area (Å²) in [6.07, 6.45) is 7.05. The number of aromatic nitrogens is 5. The Morgan fingerprint density at radius 1 is 0.870 bits per heavy atom. The van der Waals surface area contributed by atoms with Crippen LogP contribution in [0.25, 0.3) is 22.3 Å². The molecule has 5 heterocycles. The third kappa shape index (κ3) is 6.15. The normalized spacial score (nSPS) is 22.1. The summed E-state index contributed by atoms with van der Waals surface area (Å²) in [5.74, 6) is 0.341. The number of benzene rings is 1. The molecule has 2 saturated heterocycles. The summed E-state index contributed by atoms with van der Waals surface area (Å²) in [5, 5.41) is 17.8. The molecule has 1 aliphatic carbocycles. The molecule has 1 saturated carbocycles. The van der Waals surface area contributed by atoms with Crippen molar-refractivity contribution >= 4 is 28.6 Å². The first-order chi connectivity index (χ1) is 22.2. The van der Waals surface area contributed by atoms with Crippen molar-refractivity contribution in [3.05, 3.63) is 53.5 Å². The monoisotopic (exact) mass is 625 g/mol. The van der Waals surface area contributed by atoms with Crippen LogP contribution in [0, 0.1) is 13.8 Å². The number of aliphatic hydroxyl groups is 1. The highest BCUT2D eigenvalue weighted by molar-refractivity contribution is 6.05. The molecule has 3 aromatic heterocycles. The van der Waals surface area contributed by atoms with Crippen LogP contribution >= 0.6 is 0 Å². The first-order valence-corrected chi connectivity index (χ1v) is 16.9. The molecule has 2 aliphatic heterocycles. The van der Waals surface area contributed by atoms with Crippen LogP contribution in [0.4, 0.5) is 11.6 Å². The Balaban J connectivity index is 1.16. The molecule has 11 heteroatoms. The Hall–Kier alpha value is -3.80. The smallest absolute Gasteiger partial charge is 0.258 e. The van der Waals surface area contributed by atoms with E-state index in [9.17, 15) is 9.90 Å². The Morgan fingerprint density at radius 2 is 1.61 bits per heavy atom. The molecule has 0 bridgehead atoms. The van der Waals surface area contributed by atoms with E-state index in [1.807, 2.05) is 37.7 Å². The number of amides is 1. The number of pyridine rings is 1. The number of piperidine rings is 1. The van der Waals surface area contributed by atoms with E-state index >= 15 is 0 Å². The van der Waals surface area contributed by atoms with Gasteiger partial charge in [-0.25, -0.2) is 4.98 Å². The van der Waals surface area contributed by atoms with E-state index in [2.05, 4.69) is 54.9 Å². The number of nitrogens with zero attached hydrogens (tertiary/aromatic N) is 8. The van der Waals surface area contributed by atoms with Gasteiger partial charge in [0.25, 0.3) is 5.91 Å². The molecular weight excluding hydrogens is 578 g/mol. The third-order valence-electron chi connectivity index (χ3n) is 10.5. The van der Waals surface area contributed by atoms with Crippen molar-refractivity contribution in [1.29, 1.82) is 0 Å². The van der Waals surface area contributed by atoms with Crippen LogP contribution in [0.1, 0.15) is 66.3 Å². The van der Waals surface area contributed by atoms with Gasteiger partial charge in [0.05, 0.1) is 29.0 Å². The molecule has 0 unspecified atom stereocenters. The fraction of sp³-hybridized carbons (Fsp3) is 0.543. The number of aliphatic hydroxyl groups excluding tert-OH is 1. The number of anilines is 2. The third-order valence-corrected chi connectivity index (χ3v) is 10.5. The van der Waals surface area contributed by atoms with Crippen molar-refractivity contribution in [2.75, 3.05) is 56.5 Å². The van der Waals surface area contributed by atoms with Crippen LogP contribution in [0.15, 0.2) is 36.5 Å². The van der Waals surface area contributed by atoms with Gasteiger partial charge in [-0.1, -0.05) is 0 Å². The van der Waals surface area contributed by atoms with Crippen molar-refractivity contribution < 1.29 is 9.90 Å². The molecule has 1 aromatic carbocycles. The average Bonchev–Trinajstić information content (AvgIpc) is 3.59. The van der Waals surface area contributed by atoms with Crippen LogP contribution in [-0.2, 0) is 7.05 Å². The SMILES string of the molecule is Cc1cc(C(=O)Nc2nc3ccc(N4CCC(N5CCN(C)CC5)CC4)cc3n2C2CCC(O)CC2)cc(-c2cnn(C)c2C)n1. The van der Waals surface area contributed by atoms with Crippen molar-refractivity contribution in [2.24, 2.45) is 7.05 Å². The number of hydrogen-bond donors (Lipinski definition) is 2. The molecule has 3 aliphatic rings. The number of fused-ring (bicyclic) bond motifs is 1. The van der Waals surface area contributed by atoms with Gasteiger partial charge in [-0.3, -0.25) is 24.7 Å². The molecular formula is C35H47N9O2. The second-order valence-corrected chi connectivity index (χ2v) is 13.6. The molecule has 0 spiro atoms. The minimum Gasteiger partial charge on any atom is -0.393 e. The molecule has 244 valence electrons. The summed E-state index contributed by atoms with van der Waals surface area (Å²) in [7, 11) is 4.12. The molecule has 2 N–H and O–H groups in total. The number of piperazine rings is 1. The largest absolute Gasteiger partial charge is 0.393 e. The van der Waals surface area contributed by atoms with Gasteiger partial charge in [0.1, 0.15) is 0 Å². The summed E-state index contributed by atoms with van der Waals surface area (Å²) >= 11 is 0. The summed E-state index contributed by atoms with van der Waals surface area (Å²) in [5.41, 5.74) is 7.04. The van der Waals surface area contributed by atoms with Crippen molar-refractivity contribution in [3.63, 3.8) is 0 Å². The zero-order chi connectivity index (χ0) is 31.9. The van der Waals surface area contributed by atoms with Crippen molar-refractivity contribution in [1.82, 2.24) is 34.1 Å². The highest BCUT2D eigenvalue weighted by atomic mass is 16.3. The second-order valence-electron chi connectivity index (χ2n) is 13.6. The number of nitrogens with one attached hydrogen (secondary N) is 1. The lowest BCUT2D eigenvalue weighted by Gasteiger charge is -2.42. The average molecular weight is 626 g/mol. The standard InChI is InChI=1S/C35H47N9O2/c1-23-19-25(20-32(37-23)30-22-36-41(4)24(30)2)34(46)39-35-38-31-10-7-28(21-33(31)44(35)27-5-8-29(45)9-6-27)42-13-11-26(12-14-42)43-17-15-40(3)16-18-43/h7,10,19-22,26-27,29,45H,5-6,8-9,11-18H2,1-4H3,(H,38,39,46). The Bertz CT molecular complexity index is 1700. The number of carbonyl (C=O) groups is 1. The lowest BCUT2D eigenvalue weighted by atomic mass is 9.93. The number of likely N-dealkylation sites (N-methyl/N-ethyl adjacent to an activating group) is 1. The predicted molar refractivity (Wildman–Crippen MR) is 181 cm³/mol. The number of aryl methyl sites for hydroxylation is 2. The first kappa shape index (κ1) is 30.8. The van der Waals surface area contributed by atoms with Gasteiger partial charge >= 0.3 is 0 Å². The number of rotatable bonds is 6. The van der Waals surface area contributed by atoms with Crippen LogP contribution < -0.4 is 10.2 Å². The highest BCUT2D eigenvalue weighted by Gasteiger charge is 2.29. The molecule has 46 heavy (non-hydrogen) atoms. The van der Waals surface area contributed by atoms with Gasteiger partial charge in [-0.05, 0) is 89.8 Å². The van der Waals surface area contributed by atoms with Crippen LogP contribution in [0.5, 0.6) is 0 Å². The Morgan fingerprint density at radius 3 is 2.30 bits per heavy atom. The van der Waals surface area contributed by atoms with Gasteiger partial charge in [0.2, 0.25) is 5.95 Å². The Kier molecular flexibility index (Phi) is 8.56. The molecule has 11 nitrogen and oxygen atoms in total. The van der Waals surface area contributed by atoms with Crippen LogP contribution in [0.2, 0.25) is 0 Å². The maximum atomic E-state index is 13.8. The Labute approximate surface area is 271 Å². The first-order valence-electron chi connectivity index (χ1n) is 16.9. The number of imidazole rings is 1. The molecule has 0 atom stereocenters. The van der Waals surface area contributed by atoms with Crippen LogP contribution in [0.3, 0.4) is 0 Å². The van der Waals surface area contributed by atoms with Gasteiger partial charge in [0.15, 0.2) is 0 Å². The van der Waals surface area contributed by atoms with E-state index in [0.717, 1.165) is 85.5 Å². The van der Waals surface area contributed by atoms with E-state index in [1.54, 1.807) is 6.20 Å². The fourth-order valence-corrected chi connectivity index (χ4v) is 7.59. The zero-order valence-corrected chi connectivity index (χ0v) is 27.6. The zero-order valence-electron chi connectivity index (χ0n) is 27.6. The number of carbonyl (C=O) groups excluding carboxylic acids is 1. The maximum Gasteiger partial charge on any atom is 0.258 e. The molecule has 4 aromatic rings. The highest BCUT2D eigenvalue weighted by Crippen LogP contribution is 2.36. The van der Waals surface area contributed by atoms with Gasteiger partial charge in [-0.2, -0.15) is 5.10 Å². The van der Waals surface area contributed by atoms with Crippen molar-refractivity contribution in [2.45, 2.75) is 70.6 Å². The lowest BCUT2D eigenvalue weighted by Crippen LogP contribution is -2.52. The van der Waals surface area contributed by atoms with Crippen LogP contribution in [-0.4, -0.2) is 104 Å². The summed E-state index contributed by atoms with van der Waals surface area (Å²) in [6.45, 7) is 10.6. The fourth-order valence-electron chi connectivity index (χ4n) is 7.59. The number of hydrogen-bond acceptors (Lipinski definition) is 8. The molecule has 3 fully saturated rings. The topological polar surface area (TPSA) is 108 Å². The summed E-state index contributed by atoms with van der Waals surface area (Å²) in [6, 6.07) is 11.0. The van der Waals surface area contributed by atoms with E-state index in [4.69, 9.17) is 9.97 Å². The summed E-state index contributed by atoms with van der Waals surface area (Å²) in [4.78, 5) is 31.1. The van der Waals surface area contributed by atoms with E-state index in [1.165, 1.54) is 31.6 Å². The van der Waals surface area contributed by atoms with Crippen molar-refractivity contribution in [3.8, 4) is 11.3 Å².